The minimum atomic E-state index is -0.232. The van der Waals surface area contributed by atoms with Gasteiger partial charge in [-0.3, -0.25) is 9.20 Å². The standard InChI is InChI=1S/C18H20N4O2/c1-2-3-6-14-8-10-15(11-9-14)19-17(23)13-24-18-21-20-16-7-4-5-12-22(16)18/h4-5,7-12H,2-3,6,13H2,1H3,(H,19,23). The second-order valence-electron chi connectivity index (χ2n) is 5.55. The lowest BCUT2D eigenvalue weighted by atomic mass is 10.1. The molecule has 6 nitrogen and oxygen atoms in total. The Morgan fingerprint density at radius 3 is 2.79 bits per heavy atom. The first-order valence-corrected chi connectivity index (χ1v) is 8.07. The highest BCUT2D eigenvalue weighted by molar-refractivity contribution is 5.91. The highest BCUT2D eigenvalue weighted by Crippen LogP contribution is 2.13. The molecule has 3 rings (SSSR count). The molecule has 0 saturated heterocycles. The number of aromatic nitrogens is 3. The summed E-state index contributed by atoms with van der Waals surface area (Å²) in [5, 5.41) is 10.7. The third-order valence-corrected chi connectivity index (χ3v) is 3.67. The highest BCUT2D eigenvalue weighted by Gasteiger charge is 2.09. The highest BCUT2D eigenvalue weighted by atomic mass is 16.5. The van der Waals surface area contributed by atoms with E-state index in [-0.39, 0.29) is 12.5 Å². The van der Waals surface area contributed by atoms with Crippen molar-refractivity contribution in [1.29, 1.82) is 0 Å². The first-order valence-electron chi connectivity index (χ1n) is 8.07. The molecule has 124 valence electrons. The minimum absolute atomic E-state index is 0.118. The number of benzene rings is 1. The number of aryl methyl sites for hydroxylation is 1. The summed E-state index contributed by atoms with van der Waals surface area (Å²) in [4.78, 5) is 12.0. The van der Waals surface area contributed by atoms with Crippen LogP contribution in [0.15, 0.2) is 48.7 Å². The van der Waals surface area contributed by atoms with Crippen molar-refractivity contribution in [3.63, 3.8) is 0 Å². The molecule has 24 heavy (non-hydrogen) atoms. The van der Waals surface area contributed by atoms with Gasteiger partial charge in [0.05, 0.1) is 0 Å². The van der Waals surface area contributed by atoms with Crippen LogP contribution >= 0.6 is 0 Å². The summed E-state index contributed by atoms with van der Waals surface area (Å²) in [5.41, 5.74) is 2.71. The molecule has 0 saturated carbocycles. The molecule has 1 N–H and O–H groups in total. The summed E-state index contributed by atoms with van der Waals surface area (Å²) < 4.78 is 7.14. The number of carbonyl (C=O) groups excluding carboxylic acids is 1. The quantitative estimate of drug-likeness (QED) is 0.725. The lowest BCUT2D eigenvalue weighted by Gasteiger charge is -2.07. The van der Waals surface area contributed by atoms with Crippen LogP contribution in [0.5, 0.6) is 6.01 Å². The van der Waals surface area contributed by atoms with Crippen LogP contribution in [-0.2, 0) is 11.2 Å². The number of ether oxygens (including phenoxy) is 1. The molecule has 3 aromatic rings. The molecule has 0 spiro atoms. The smallest absolute Gasteiger partial charge is 0.322 e. The van der Waals surface area contributed by atoms with Gasteiger partial charge in [-0.15, -0.1) is 5.10 Å². The third-order valence-electron chi connectivity index (χ3n) is 3.67. The number of hydrogen-bond acceptors (Lipinski definition) is 4. The number of rotatable bonds is 7. The molecular weight excluding hydrogens is 304 g/mol. The summed E-state index contributed by atoms with van der Waals surface area (Å²) in [6, 6.07) is 13.7. The van der Waals surface area contributed by atoms with Gasteiger partial charge in [0.25, 0.3) is 5.91 Å². The molecule has 0 aliphatic rings. The fraction of sp³-hybridized carbons (Fsp3) is 0.278. The van der Waals surface area contributed by atoms with E-state index in [2.05, 4.69) is 22.4 Å². The maximum absolute atomic E-state index is 12.0. The second-order valence-corrected chi connectivity index (χ2v) is 5.55. The predicted octanol–water partition coefficient (Wildman–Crippen LogP) is 3.09. The van der Waals surface area contributed by atoms with Gasteiger partial charge in [-0.25, -0.2) is 0 Å². The average molecular weight is 324 g/mol. The van der Waals surface area contributed by atoms with E-state index >= 15 is 0 Å². The molecule has 1 amide bonds. The summed E-state index contributed by atoms with van der Waals surface area (Å²) in [5.74, 6) is -0.232. The van der Waals surface area contributed by atoms with Crippen molar-refractivity contribution < 1.29 is 9.53 Å². The Labute approximate surface area is 140 Å². The lowest BCUT2D eigenvalue weighted by molar-refractivity contribution is -0.118. The number of fused-ring (bicyclic) bond motifs is 1. The molecule has 2 heterocycles. The van der Waals surface area contributed by atoms with Gasteiger partial charge >= 0.3 is 6.01 Å². The Kier molecular flexibility index (Phi) is 5.05. The van der Waals surface area contributed by atoms with Crippen molar-refractivity contribution >= 4 is 17.2 Å². The SMILES string of the molecule is CCCCc1ccc(NC(=O)COc2nnc3ccccn23)cc1. The zero-order chi connectivity index (χ0) is 16.8. The lowest BCUT2D eigenvalue weighted by Crippen LogP contribution is -2.20. The average Bonchev–Trinajstić information content (AvgIpc) is 3.03. The van der Waals surface area contributed by atoms with Gasteiger partial charge < -0.3 is 10.1 Å². The van der Waals surface area contributed by atoms with Crippen LogP contribution in [0.2, 0.25) is 0 Å². The van der Waals surface area contributed by atoms with Crippen molar-refractivity contribution in [1.82, 2.24) is 14.6 Å². The number of hydrogen-bond donors (Lipinski definition) is 1. The Hall–Kier alpha value is -2.89. The van der Waals surface area contributed by atoms with Crippen molar-refractivity contribution in [3.8, 4) is 6.01 Å². The zero-order valence-electron chi connectivity index (χ0n) is 13.6. The van der Waals surface area contributed by atoms with Crippen LogP contribution in [-0.4, -0.2) is 27.1 Å². The van der Waals surface area contributed by atoms with Crippen molar-refractivity contribution in [2.24, 2.45) is 0 Å². The van der Waals surface area contributed by atoms with Crippen LogP contribution in [0, 0.1) is 0 Å². The second kappa shape index (κ2) is 7.59. The van der Waals surface area contributed by atoms with E-state index in [0.29, 0.717) is 11.7 Å². The minimum Gasteiger partial charge on any atom is -0.453 e. The Morgan fingerprint density at radius 1 is 1.17 bits per heavy atom. The molecular formula is C18H20N4O2. The van der Waals surface area contributed by atoms with E-state index in [1.165, 1.54) is 18.4 Å². The Balaban J connectivity index is 1.54. The Bertz CT molecular complexity index is 811. The van der Waals surface area contributed by atoms with Crippen LogP contribution < -0.4 is 10.1 Å². The number of unbranched alkanes of at least 4 members (excludes halogenated alkanes) is 1. The molecule has 0 aliphatic carbocycles. The fourth-order valence-electron chi connectivity index (χ4n) is 2.38. The van der Waals surface area contributed by atoms with Gasteiger partial charge in [-0.1, -0.05) is 36.6 Å². The number of amides is 1. The van der Waals surface area contributed by atoms with E-state index < -0.39 is 0 Å². The number of nitrogens with one attached hydrogen (secondary N) is 1. The van der Waals surface area contributed by atoms with Gasteiger partial charge in [0, 0.05) is 11.9 Å². The Morgan fingerprint density at radius 2 is 2.00 bits per heavy atom. The monoisotopic (exact) mass is 324 g/mol. The normalized spacial score (nSPS) is 10.7. The topological polar surface area (TPSA) is 68.5 Å². The van der Waals surface area contributed by atoms with Gasteiger partial charge in [-0.2, -0.15) is 0 Å². The van der Waals surface area contributed by atoms with E-state index in [1.54, 1.807) is 10.6 Å². The van der Waals surface area contributed by atoms with E-state index in [1.807, 2.05) is 42.5 Å². The van der Waals surface area contributed by atoms with E-state index in [0.717, 1.165) is 12.1 Å². The number of nitrogens with zero attached hydrogens (tertiary/aromatic N) is 3. The third kappa shape index (κ3) is 3.90. The first kappa shape index (κ1) is 16.0. The van der Waals surface area contributed by atoms with Crippen molar-refractivity contribution in [3.05, 3.63) is 54.2 Å². The molecule has 0 atom stereocenters. The maximum Gasteiger partial charge on any atom is 0.322 e. The number of pyridine rings is 1. The van der Waals surface area contributed by atoms with Gasteiger partial charge in [0.15, 0.2) is 12.3 Å². The number of carbonyl (C=O) groups is 1. The van der Waals surface area contributed by atoms with Crippen LogP contribution in [0.1, 0.15) is 25.3 Å². The van der Waals surface area contributed by atoms with Gasteiger partial charge in [0.2, 0.25) is 0 Å². The van der Waals surface area contributed by atoms with Crippen LogP contribution in [0.4, 0.5) is 5.69 Å². The predicted molar refractivity (Wildman–Crippen MR) is 92.2 cm³/mol. The molecule has 1 aromatic carbocycles. The van der Waals surface area contributed by atoms with Crippen molar-refractivity contribution in [2.45, 2.75) is 26.2 Å². The van der Waals surface area contributed by atoms with Crippen LogP contribution in [0.25, 0.3) is 5.65 Å². The maximum atomic E-state index is 12.0. The zero-order valence-corrected chi connectivity index (χ0v) is 13.6. The summed E-state index contributed by atoms with van der Waals surface area (Å²) in [7, 11) is 0. The summed E-state index contributed by atoms with van der Waals surface area (Å²) >= 11 is 0. The summed E-state index contributed by atoms with van der Waals surface area (Å²) in [6.07, 6.45) is 5.20. The van der Waals surface area contributed by atoms with Crippen molar-refractivity contribution in [2.75, 3.05) is 11.9 Å². The molecule has 0 radical (unpaired) electrons. The molecule has 0 fully saturated rings. The molecule has 0 unspecified atom stereocenters. The van der Waals surface area contributed by atoms with E-state index in [4.69, 9.17) is 4.74 Å². The largest absolute Gasteiger partial charge is 0.453 e. The molecule has 0 bridgehead atoms. The van der Waals surface area contributed by atoms with Gasteiger partial charge in [0.1, 0.15) is 0 Å². The molecule has 0 aliphatic heterocycles. The van der Waals surface area contributed by atoms with Crippen LogP contribution in [0.3, 0.4) is 0 Å². The van der Waals surface area contributed by atoms with Gasteiger partial charge in [-0.05, 0) is 42.7 Å². The molecule has 2 aromatic heterocycles. The first-order chi connectivity index (χ1) is 11.8. The summed E-state index contributed by atoms with van der Waals surface area (Å²) in [6.45, 7) is 2.06. The van der Waals surface area contributed by atoms with E-state index in [9.17, 15) is 4.79 Å². The molecule has 6 heteroatoms. The number of anilines is 1. The fourth-order valence-corrected chi connectivity index (χ4v) is 2.38.